The lowest BCUT2D eigenvalue weighted by Gasteiger charge is -2.20. The van der Waals surface area contributed by atoms with Crippen LogP contribution in [0.25, 0.3) is 0 Å². The minimum absolute atomic E-state index is 0.0978. The Bertz CT molecular complexity index is 1140. The number of benzene rings is 2. The lowest BCUT2D eigenvalue weighted by molar-refractivity contribution is -0.141. The molecule has 0 bridgehead atoms. The fraction of sp³-hybridized carbons (Fsp3) is 0.158. The second-order valence-electron chi connectivity index (χ2n) is 6.32. The SMILES string of the molecule is Cn1nc(C(F)(F)F)c(N(C=O)c2ccc(F)cc2F)c1Sc1ccc(C(F)(F)F)cc1. The van der Waals surface area contributed by atoms with Gasteiger partial charge in [0, 0.05) is 18.0 Å². The molecule has 3 rings (SSSR count). The Morgan fingerprint density at radius 3 is 2.09 bits per heavy atom. The number of nitrogens with zero attached hydrogens (tertiary/aromatic N) is 3. The average Bonchev–Trinajstić information content (AvgIpc) is 3.00. The highest BCUT2D eigenvalue weighted by Crippen LogP contribution is 2.46. The Labute approximate surface area is 179 Å². The van der Waals surface area contributed by atoms with Crippen molar-refractivity contribution in [3.63, 3.8) is 0 Å². The number of carbonyl (C=O) groups excluding carboxylic acids is 1. The van der Waals surface area contributed by atoms with E-state index in [-0.39, 0.29) is 16.3 Å². The lowest BCUT2D eigenvalue weighted by atomic mass is 10.2. The van der Waals surface area contributed by atoms with Gasteiger partial charge in [-0.25, -0.2) is 8.78 Å². The molecule has 170 valence electrons. The Kier molecular flexibility index (Phi) is 6.22. The number of aromatic nitrogens is 2. The largest absolute Gasteiger partial charge is 0.437 e. The maximum absolute atomic E-state index is 14.3. The van der Waals surface area contributed by atoms with E-state index < -0.39 is 46.6 Å². The van der Waals surface area contributed by atoms with Gasteiger partial charge >= 0.3 is 12.4 Å². The van der Waals surface area contributed by atoms with Crippen LogP contribution in [0.5, 0.6) is 0 Å². The van der Waals surface area contributed by atoms with Crippen LogP contribution in [0.3, 0.4) is 0 Å². The van der Waals surface area contributed by atoms with Gasteiger partial charge in [-0.15, -0.1) is 0 Å². The van der Waals surface area contributed by atoms with E-state index >= 15 is 0 Å². The summed E-state index contributed by atoms with van der Waals surface area (Å²) in [6.45, 7) is 0. The highest BCUT2D eigenvalue weighted by molar-refractivity contribution is 7.99. The number of halogens is 8. The van der Waals surface area contributed by atoms with Crippen LogP contribution in [0.2, 0.25) is 0 Å². The molecule has 1 aromatic heterocycles. The second kappa shape index (κ2) is 8.45. The molecule has 13 heteroatoms. The summed E-state index contributed by atoms with van der Waals surface area (Å²) >= 11 is 0.581. The summed E-state index contributed by atoms with van der Waals surface area (Å²) < 4.78 is 107. The number of rotatable bonds is 5. The topological polar surface area (TPSA) is 38.1 Å². The van der Waals surface area contributed by atoms with Gasteiger partial charge in [0.05, 0.1) is 11.3 Å². The smallest absolute Gasteiger partial charge is 0.278 e. The van der Waals surface area contributed by atoms with E-state index in [0.717, 1.165) is 48.1 Å². The third kappa shape index (κ3) is 4.71. The molecule has 0 saturated heterocycles. The summed E-state index contributed by atoms with van der Waals surface area (Å²) in [5.74, 6) is -2.32. The molecule has 32 heavy (non-hydrogen) atoms. The van der Waals surface area contributed by atoms with Crippen LogP contribution in [0.15, 0.2) is 52.4 Å². The molecular formula is C19H11F8N3OS. The number of amides is 1. The molecule has 0 atom stereocenters. The van der Waals surface area contributed by atoms with E-state index in [9.17, 15) is 39.9 Å². The molecule has 0 unspecified atom stereocenters. The number of aryl methyl sites for hydroxylation is 1. The fourth-order valence-electron chi connectivity index (χ4n) is 2.75. The molecule has 0 aliphatic carbocycles. The number of carbonyl (C=O) groups is 1. The summed E-state index contributed by atoms with van der Waals surface area (Å²) in [6, 6.07) is 5.45. The third-order valence-corrected chi connectivity index (χ3v) is 5.31. The monoisotopic (exact) mass is 481 g/mol. The molecule has 0 spiro atoms. The Hall–Kier alpha value is -3.09. The van der Waals surface area contributed by atoms with Gasteiger partial charge in [-0.3, -0.25) is 14.4 Å². The zero-order valence-corrected chi connectivity index (χ0v) is 16.6. The van der Waals surface area contributed by atoms with Crippen LogP contribution in [0.4, 0.5) is 46.5 Å². The maximum atomic E-state index is 14.3. The zero-order chi connectivity index (χ0) is 23.8. The molecule has 2 aromatic carbocycles. The normalized spacial score (nSPS) is 12.2. The molecule has 1 heterocycles. The molecule has 0 radical (unpaired) electrons. The van der Waals surface area contributed by atoms with Gasteiger partial charge in [-0.1, -0.05) is 11.8 Å². The summed E-state index contributed by atoms with van der Waals surface area (Å²) in [4.78, 5) is 12.1. The molecule has 4 nitrogen and oxygen atoms in total. The first-order valence-electron chi connectivity index (χ1n) is 8.52. The van der Waals surface area contributed by atoms with Gasteiger partial charge in [-0.2, -0.15) is 31.4 Å². The zero-order valence-electron chi connectivity index (χ0n) is 15.8. The first kappa shape index (κ1) is 23.6. The first-order chi connectivity index (χ1) is 14.8. The molecule has 0 saturated carbocycles. The van der Waals surface area contributed by atoms with Crippen LogP contribution < -0.4 is 4.90 Å². The number of hydrogen-bond acceptors (Lipinski definition) is 3. The van der Waals surface area contributed by atoms with E-state index in [1.165, 1.54) is 0 Å². The van der Waals surface area contributed by atoms with Crippen LogP contribution in [-0.4, -0.2) is 16.2 Å². The molecule has 0 fully saturated rings. The first-order valence-corrected chi connectivity index (χ1v) is 9.33. The summed E-state index contributed by atoms with van der Waals surface area (Å²) in [7, 11) is 1.12. The lowest BCUT2D eigenvalue weighted by Crippen LogP contribution is -2.20. The van der Waals surface area contributed by atoms with Crippen molar-refractivity contribution in [3.8, 4) is 0 Å². The van der Waals surface area contributed by atoms with E-state index in [1.54, 1.807) is 0 Å². The van der Waals surface area contributed by atoms with Crippen molar-refractivity contribution in [1.29, 1.82) is 0 Å². The number of hydrogen-bond donors (Lipinski definition) is 0. The van der Waals surface area contributed by atoms with E-state index in [1.807, 2.05) is 0 Å². The van der Waals surface area contributed by atoms with E-state index in [2.05, 4.69) is 5.10 Å². The predicted molar refractivity (Wildman–Crippen MR) is 98.3 cm³/mol. The molecule has 3 aromatic rings. The summed E-state index contributed by atoms with van der Waals surface area (Å²) in [6.07, 6.45) is -9.78. The Balaban J connectivity index is 2.15. The summed E-state index contributed by atoms with van der Waals surface area (Å²) in [5.41, 5.74) is -4.03. The molecular weight excluding hydrogens is 470 g/mol. The average molecular weight is 481 g/mol. The quantitative estimate of drug-likeness (QED) is 0.323. The van der Waals surface area contributed by atoms with Crippen molar-refractivity contribution in [2.45, 2.75) is 22.3 Å². The van der Waals surface area contributed by atoms with Crippen LogP contribution in [-0.2, 0) is 24.2 Å². The van der Waals surface area contributed by atoms with Gasteiger partial charge in [0.1, 0.15) is 22.3 Å². The predicted octanol–water partition coefficient (Wildman–Crippen LogP) is 6.18. The highest BCUT2D eigenvalue weighted by Gasteiger charge is 2.42. The minimum Gasteiger partial charge on any atom is -0.278 e. The molecule has 0 aliphatic rings. The van der Waals surface area contributed by atoms with Crippen LogP contribution >= 0.6 is 11.8 Å². The van der Waals surface area contributed by atoms with E-state index in [4.69, 9.17) is 0 Å². The fourth-order valence-corrected chi connectivity index (χ4v) is 3.71. The van der Waals surface area contributed by atoms with Gasteiger partial charge in [0.15, 0.2) is 5.69 Å². The maximum Gasteiger partial charge on any atom is 0.437 e. The van der Waals surface area contributed by atoms with E-state index in [0.29, 0.717) is 22.7 Å². The standard InChI is InChI=1S/C19H11F8N3OS/c1-29-17(32-12-5-2-10(3-6-12)18(22,23)24)15(16(28-29)19(25,26)27)30(9-31)14-7-4-11(20)8-13(14)21/h2-9H,1H3. The van der Waals surface area contributed by atoms with Gasteiger partial charge in [0.2, 0.25) is 6.41 Å². The van der Waals surface area contributed by atoms with Crippen molar-refractivity contribution < 1.29 is 39.9 Å². The van der Waals surface area contributed by atoms with Gasteiger partial charge < -0.3 is 0 Å². The van der Waals surface area contributed by atoms with Crippen molar-refractivity contribution in [2.75, 3.05) is 4.90 Å². The second-order valence-corrected chi connectivity index (χ2v) is 7.38. The molecule has 1 amide bonds. The van der Waals surface area contributed by atoms with Crippen molar-refractivity contribution in [3.05, 3.63) is 65.4 Å². The number of anilines is 2. The molecule has 0 aliphatic heterocycles. The van der Waals surface area contributed by atoms with Crippen molar-refractivity contribution >= 4 is 29.5 Å². The number of alkyl halides is 6. The van der Waals surface area contributed by atoms with Crippen molar-refractivity contribution in [2.24, 2.45) is 7.05 Å². The van der Waals surface area contributed by atoms with Gasteiger partial charge in [0.25, 0.3) is 0 Å². The van der Waals surface area contributed by atoms with Crippen LogP contribution in [0, 0.1) is 11.6 Å². The third-order valence-electron chi connectivity index (χ3n) is 4.15. The minimum atomic E-state index is -5.07. The highest BCUT2D eigenvalue weighted by atomic mass is 32.2. The van der Waals surface area contributed by atoms with Crippen LogP contribution in [0.1, 0.15) is 11.3 Å². The van der Waals surface area contributed by atoms with Gasteiger partial charge in [-0.05, 0) is 36.4 Å². The summed E-state index contributed by atoms with van der Waals surface area (Å²) in [5, 5.41) is 3.06. The Morgan fingerprint density at radius 2 is 1.59 bits per heavy atom. The molecule has 0 N–H and O–H groups in total. The Morgan fingerprint density at radius 1 is 0.969 bits per heavy atom. The van der Waals surface area contributed by atoms with Crippen molar-refractivity contribution in [1.82, 2.24) is 9.78 Å².